The van der Waals surface area contributed by atoms with Gasteiger partial charge in [-0.2, -0.15) is 0 Å². The molecule has 0 saturated carbocycles. The maximum atomic E-state index is 11.8. The summed E-state index contributed by atoms with van der Waals surface area (Å²) in [5.74, 6) is 0.720. The molecule has 88 valence electrons. The summed E-state index contributed by atoms with van der Waals surface area (Å²) in [6.45, 7) is 4.16. The number of aromatic nitrogens is 2. The van der Waals surface area contributed by atoms with Crippen LogP contribution in [0.4, 0.5) is 5.69 Å². The Bertz CT molecular complexity index is 602. The van der Waals surface area contributed by atoms with Crippen molar-refractivity contribution in [3.63, 3.8) is 0 Å². The topological polar surface area (TPSA) is 60.9 Å². The average molecular weight is 229 g/mol. The molecule has 4 nitrogen and oxygen atoms in total. The second kappa shape index (κ2) is 4.41. The largest absolute Gasteiger partial charge is 0.399 e. The van der Waals surface area contributed by atoms with E-state index in [1.807, 2.05) is 38.1 Å². The van der Waals surface area contributed by atoms with Crippen molar-refractivity contribution in [1.29, 1.82) is 0 Å². The third-order valence-electron chi connectivity index (χ3n) is 2.62. The van der Waals surface area contributed by atoms with E-state index in [4.69, 9.17) is 5.73 Å². The van der Waals surface area contributed by atoms with Gasteiger partial charge in [-0.05, 0) is 31.5 Å². The molecular formula is C13H15N3O. The molecular weight excluding hydrogens is 214 g/mol. The van der Waals surface area contributed by atoms with Crippen LogP contribution in [0.1, 0.15) is 17.1 Å². The van der Waals surface area contributed by atoms with Crippen LogP contribution in [0.15, 0.2) is 35.1 Å². The minimum atomic E-state index is -0.0302. The van der Waals surface area contributed by atoms with E-state index >= 15 is 0 Å². The third kappa shape index (κ3) is 2.53. The number of anilines is 1. The summed E-state index contributed by atoms with van der Waals surface area (Å²) >= 11 is 0. The molecule has 1 aromatic heterocycles. The molecule has 0 amide bonds. The molecule has 1 aromatic carbocycles. The van der Waals surface area contributed by atoms with E-state index < -0.39 is 0 Å². The standard InChI is InChI=1S/C13H15N3O/c1-9-6-13(17)16(10(2)15-9)8-11-4-3-5-12(14)7-11/h3-7H,8,14H2,1-2H3. The monoisotopic (exact) mass is 229 g/mol. The molecule has 0 atom stereocenters. The third-order valence-corrected chi connectivity index (χ3v) is 2.62. The normalized spacial score (nSPS) is 10.5. The molecule has 2 rings (SSSR count). The van der Waals surface area contributed by atoms with Crippen LogP contribution >= 0.6 is 0 Å². The van der Waals surface area contributed by atoms with Gasteiger partial charge in [0.05, 0.1) is 6.54 Å². The number of aryl methyl sites for hydroxylation is 2. The maximum Gasteiger partial charge on any atom is 0.254 e. The molecule has 0 aliphatic heterocycles. The molecule has 2 N–H and O–H groups in total. The van der Waals surface area contributed by atoms with Crippen LogP contribution < -0.4 is 11.3 Å². The van der Waals surface area contributed by atoms with Crippen molar-refractivity contribution in [2.24, 2.45) is 0 Å². The van der Waals surface area contributed by atoms with E-state index in [2.05, 4.69) is 4.98 Å². The van der Waals surface area contributed by atoms with Crippen molar-refractivity contribution in [2.45, 2.75) is 20.4 Å². The minimum absolute atomic E-state index is 0.0302. The van der Waals surface area contributed by atoms with Crippen LogP contribution in [0, 0.1) is 13.8 Å². The SMILES string of the molecule is Cc1cc(=O)n(Cc2cccc(N)c2)c(C)n1. The highest BCUT2D eigenvalue weighted by Gasteiger charge is 2.03. The first-order valence-electron chi connectivity index (χ1n) is 5.46. The lowest BCUT2D eigenvalue weighted by Crippen LogP contribution is -2.24. The van der Waals surface area contributed by atoms with Gasteiger partial charge >= 0.3 is 0 Å². The fourth-order valence-electron chi connectivity index (χ4n) is 1.83. The second-order valence-electron chi connectivity index (χ2n) is 4.11. The van der Waals surface area contributed by atoms with Crippen molar-refractivity contribution in [1.82, 2.24) is 9.55 Å². The summed E-state index contributed by atoms with van der Waals surface area (Å²) in [5, 5.41) is 0. The molecule has 4 heteroatoms. The Hall–Kier alpha value is -2.10. The molecule has 0 bridgehead atoms. The summed E-state index contributed by atoms with van der Waals surface area (Å²) in [7, 11) is 0. The van der Waals surface area contributed by atoms with E-state index in [9.17, 15) is 4.79 Å². The molecule has 0 aliphatic rings. The van der Waals surface area contributed by atoms with Crippen molar-refractivity contribution in [3.05, 3.63) is 57.8 Å². The zero-order chi connectivity index (χ0) is 12.4. The molecule has 0 radical (unpaired) electrons. The molecule has 0 saturated heterocycles. The van der Waals surface area contributed by atoms with Gasteiger partial charge in [-0.25, -0.2) is 4.98 Å². The summed E-state index contributed by atoms with van der Waals surface area (Å²) in [6.07, 6.45) is 0. The van der Waals surface area contributed by atoms with Gasteiger partial charge in [-0.3, -0.25) is 9.36 Å². The second-order valence-corrected chi connectivity index (χ2v) is 4.11. The van der Waals surface area contributed by atoms with Crippen LogP contribution in [0.25, 0.3) is 0 Å². The summed E-state index contributed by atoms with van der Waals surface area (Å²) in [6, 6.07) is 9.06. The fraction of sp³-hybridized carbons (Fsp3) is 0.231. The zero-order valence-corrected chi connectivity index (χ0v) is 9.97. The lowest BCUT2D eigenvalue weighted by atomic mass is 10.2. The number of nitrogens with two attached hydrogens (primary N) is 1. The van der Waals surface area contributed by atoms with E-state index in [1.54, 1.807) is 10.6 Å². The van der Waals surface area contributed by atoms with Gasteiger partial charge in [0.2, 0.25) is 0 Å². The van der Waals surface area contributed by atoms with Gasteiger partial charge in [0.1, 0.15) is 5.82 Å². The average Bonchev–Trinajstić information content (AvgIpc) is 2.23. The van der Waals surface area contributed by atoms with Crippen LogP contribution in [0.2, 0.25) is 0 Å². The smallest absolute Gasteiger partial charge is 0.254 e. The first-order valence-corrected chi connectivity index (χ1v) is 5.46. The Morgan fingerprint density at radius 3 is 2.71 bits per heavy atom. The van der Waals surface area contributed by atoms with Gasteiger partial charge in [0, 0.05) is 17.4 Å². The van der Waals surface area contributed by atoms with Gasteiger partial charge in [0.25, 0.3) is 5.56 Å². The van der Waals surface area contributed by atoms with Gasteiger partial charge in [-0.1, -0.05) is 12.1 Å². The van der Waals surface area contributed by atoms with E-state index in [-0.39, 0.29) is 5.56 Å². The zero-order valence-electron chi connectivity index (χ0n) is 9.97. The Morgan fingerprint density at radius 2 is 2.06 bits per heavy atom. The molecule has 0 fully saturated rings. The van der Waals surface area contributed by atoms with E-state index in [0.29, 0.717) is 12.2 Å². The Kier molecular flexibility index (Phi) is 2.95. The van der Waals surface area contributed by atoms with Crippen LogP contribution in [0.5, 0.6) is 0 Å². The lowest BCUT2D eigenvalue weighted by Gasteiger charge is -2.10. The van der Waals surface area contributed by atoms with Crippen molar-refractivity contribution in [2.75, 3.05) is 5.73 Å². The quantitative estimate of drug-likeness (QED) is 0.794. The Labute approximate surface area is 99.7 Å². The first kappa shape index (κ1) is 11.4. The molecule has 2 aromatic rings. The number of hydrogen-bond acceptors (Lipinski definition) is 3. The van der Waals surface area contributed by atoms with Crippen molar-refractivity contribution >= 4 is 5.69 Å². The van der Waals surface area contributed by atoms with E-state index in [0.717, 1.165) is 17.1 Å². The highest BCUT2D eigenvalue weighted by molar-refractivity contribution is 5.40. The number of rotatable bonds is 2. The highest BCUT2D eigenvalue weighted by Crippen LogP contribution is 2.08. The van der Waals surface area contributed by atoms with Crippen LogP contribution in [-0.2, 0) is 6.54 Å². The lowest BCUT2D eigenvalue weighted by molar-refractivity contribution is 0.694. The first-order chi connectivity index (χ1) is 8.06. The molecule has 0 aliphatic carbocycles. The number of hydrogen-bond donors (Lipinski definition) is 1. The fourth-order valence-corrected chi connectivity index (χ4v) is 1.83. The number of nitrogens with zero attached hydrogens (tertiary/aromatic N) is 2. The van der Waals surface area contributed by atoms with Crippen molar-refractivity contribution < 1.29 is 0 Å². The van der Waals surface area contributed by atoms with Crippen molar-refractivity contribution in [3.8, 4) is 0 Å². The highest BCUT2D eigenvalue weighted by atomic mass is 16.1. The maximum absolute atomic E-state index is 11.8. The van der Waals surface area contributed by atoms with Crippen LogP contribution in [-0.4, -0.2) is 9.55 Å². The molecule has 0 spiro atoms. The Morgan fingerprint density at radius 1 is 1.29 bits per heavy atom. The van der Waals surface area contributed by atoms with Gasteiger partial charge < -0.3 is 5.73 Å². The minimum Gasteiger partial charge on any atom is -0.399 e. The van der Waals surface area contributed by atoms with Crippen LogP contribution in [0.3, 0.4) is 0 Å². The predicted octanol–water partition coefficient (Wildman–Crippen LogP) is 1.49. The predicted molar refractivity (Wildman–Crippen MR) is 67.9 cm³/mol. The summed E-state index contributed by atoms with van der Waals surface area (Å²) < 4.78 is 1.64. The number of nitrogen functional groups attached to an aromatic ring is 1. The Balaban J connectivity index is 2.40. The van der Waals surface area contributed by atoms with E-state index in [1.165, 1.54) is 0 Å². The van der Waals surface area contributed by atoms with Gasteiger partial charge in [-0.15, -0.1) is 0 Å². The number of benzene rings is 1. The molecule has 1 heterocycles. The summed E-state index contributed by atoms with van der Waals surface area (Å²) in [5.41, 5.74) is 8.13. The summed E-state index contributed by atoms with van der Waals surface area (Å²) in [4.78, 5) is 16.1. The molecule has 17 heavy (non-hydrogen) atoms. The van der Waals surface area contributed by atoms with Gasteiger partial charge in [0.15, 0.2) is 0 Å². The molecule has 0 unspecified atom stereocenters.